The number of carbonyl (C=O) groups excluding carboxylic acids is 2. The van der Waals surface area contributed by atoms with Crippen molar-refractivity contribution in [1.29, 1.82) is 0 Å². The number of fused-ring (bicyclic) bond motifs is 1. The van der Waals surface area contributed by atoms with E-state index in [0.29, 0.717) is 34.8 Å². The van der Waals surface area contributed by atoms with Crippen molar-refractivity contribution < 1.29 is 28.5 Å². The molecule has 2 N–H and O–H groups in total. The first-order chi connectivity index (χ1) is 15.9. The van der Waals surface area contributed by atoms with Crippen LogP contribution in [0.25, 0.3) is 0 Å². The normalized spacial score (nSPS) is 21.6. The summed E-state index contributed by atoms with van der Waals surface area (Å²) in [5.74, 6) is -0.359. The van der Waals surface area contributed by atoms with Crippen molar-refractivity contribution >= 4 is 23.1 Å². The maximum atomic E-state index is 13.8. The van der Waals surface area contributed by atoms with E-state index in [1.165, 1.54) is 7.11 Å². The average molecular weight is 453 g/mol. The molecule has 8 nitrogen and oxygen atoms in total. The average Bonchev–Trinajstić information content (AvgIpc) is 2.99. The number of rotatable bonds is 5. The van der Waals surface area contributed by atoms with Crippen molar-refractivity contribution in [3.63, 3.8) is 0 Å². The largest absolute Gasteiger partial charge is 0.496 e. The number of anilines is 2. The number of benzene rings is 2. The number of carbonyl (C=O) groups is 2. The third kappa shape index (κ3) is 3.86. The van der Waals surface area contributed by atoms with Crippen LogP contribution < -0.4 is 24.8 Å². The van der Waals surface area contributed by atoms with Crippen molar-refractivity contribution in [2.45, 2.75) is 19.4 Å². The molecule has 8 heteroatoms. The van der Waals surface area contributed by atoms with E-state index in [-0.39, 0.29) is 11.7 Å². The Morgan fingerprint density at radius 3 is 2.21 bits per heavy atom. The van der Waals surface area contributed by atoms with E-state index in [0.717, 1.165) is 17.1 Å². The highest BCUT2D eigenvalue weighted by Crippen LogP contribution is 2.47. The number of ketones is 1. The Morgan fingerprint density at radius 2 is 1.58 bits per heavy atom. The van der Waals surface area contributed by atoms with Gasteiger partial charge >= 0.3 is 5.97 Å². The molecule has 0 aromatic heterocycles. The molecular formula is C25H28N2O6. The molecule has 1 heterocycles. The fourth-order valence-electron chi connectivity index (χ4n) is 4.65. The Kier molecular flexibility index (Phi) is 6.18. The number of esters is 1. The second-order valence-corrected chi connectivity index (χ2v) is 8.14. The van der Waals surface area contributed by atoms with Gasteiger partial charge in [0.15, 0.2) is 17.3 Å². The third-order valence-electron chi connectivity index (χ3n) is 6.27. The van der Waals surface area contributed by atoms with Crippen molar-refractivity contribution in [3.8, 4) is 17.2 Å². The van der Waals surface area contributed by atoms with E-state index in [4.69, 9.17) is 18.9 Å². The van der Waals surface area contributed by atoms with Gasteiger partial charge in [0.25, 0.3) is 0 Å². The molecule has 174 valence electrons. The van der Waals surface area contributed by atoms with Gasteiger partial charge in [-0.15, -0.1) is 0 Å². The number of allylic oxidation sites excluding steroid dienone is 1. The van der Waals surface area contributed by atoms with Gasteiger partial charge in [-0.1, -0.05) is 19.1 Å². The molecule has 2 aromatic rings. The summed E-state index contributed by atoms with van der Waals surface area (Å²) in [5.41, 5.74) is 3.61. The molecule has 0 radical (unpaired) electrons. The monoisotopic (exact) mass is 452 g/mol. The second kappa shape index (κ2) is 9.05. The molecule has 2 aliphatic rings. The Balaban J connectivity index is 1.94. The Labute approximate surface area is 192 Å². The van der Waals surface area contributed by atoms with Gasteiger partial charge in [0.1, 0.15) is 11.7 Å². The second-order valence-electron chi connectivity index (χ2n) is 8.14. The Bertz CT molecular complexity index is 1130. The van der Waals surface area contributed by atoms with Crippen LogP contribution in [0.1, 0.15) is 24.9 Å². The number of Topliss-reactive ketones (excluding diaryl/α,β-unsaturated/α-hetero) is 1. The van der Waals surface area contributed by atoms with Gasteiger partial charge < -0.3 is 29.6 Å². The predicted octanol–water partition coefficient (Wildman–Crippen LogP) is 3.94. The molecular weight excluding hydrogens is 424 g/mol. The summed E-state index contributed by atoms with van der Waals surface area (Å²) in [6.07, 6.45) is 0.517. The summed E-state index contributed by atoms with van der Waals surface area (Å²) in [7, 11) is 5.97. The molecule has 0 amide bonds. The molecule has 3 unspecified atom stereocenters. The first-order valence-electron chi connectivity index (χ1n) is 10.7. The van der Waals surface area contributed by atoms with Crippen LogP contribution in [-0.4, -0.2) is 40.2 Å². The molecule has 0 fully saturated rings. The fraction of sp³-hybridized carbons (Fsp3) is 0.360. The Hall–Kier alpha value is -3.68. The number of hydrogen-bond donors (Lipinski definition) is 2. The van der Waals surface area contributed by atoms with Crippen LogP contribution in [0.2, 0.25) is 0 Å². The zero-order valence-electron chi connectivity index (χ0n) is 19.4. The summed E-state index contributed by atoms with van der Waals surface area (Å²) in [4.78, 5) is 26.3. The summed E-state index contributed by atoms with van der Waals surface area (Å²) in [5, 5.41) is 6.93. The van der Waals surface area contributed by atoms with E-state index >= 15 is 0 Å². The summed E-state index contributed by atoms with van der Waals surface area (Å²) >= 11 is 0. The highest BCUT2D eigenvalue weighted by atomic mass is 16.5. The number of methoxy groups -OCH3 is 4. The van der Waals surface area contributed by atoms with Gasteiger partial charge in [-0.25, -0.2) is 0 Å². The molecule has 0 bridgehead atoms. The molecule has 1 aliphatic carbocycles. The smallest absolute Gasteiger partial charge is 0.316 e. The van der Waals surface area contributed by atoms with Crippen molar-refractivity contribution in [2.24, 2.45) is 11.8 Å². The van der Waals surface area contributed by atoms with Gasteiger partial charge in [-0.2, -0.15) is 0 Å². The minimum absolute atomic E-state index is 0.214. The quantitative estimate of drug-likeness (QED) is 0.520. The number of hydrogen-bond acceptors (Lipinski definition) is 8. The molecule has 33 heavy (non-hydrogen) atoms. The first kappa shape index (κ1) is 22.5. The molecule has 3 atom stereocenters. The fourth-order valence-corrected chi connectivity index (χ4v) is 4.65. The van der Waals surface area contributed by atoms with Crippen LogP contribution >= 0.6 is 0 Å². The highest BCUT2D eigenvalue weighted by molar-refractivity contribution is 6.11. The van der Waals surface area contributed by atoms with E-state index < -0.39 is 17.9 Å². The predicted molar refractivity (Wildman–Crippen MR) is 124 cm³/mol. The third-order valence-corrected chi connectivity index (χ3v) is 6.27. The van der Waals surface area contributed by atoms with E-state index in [2.05, 4.69) is 10.6 Å². The zero-order chi connectivity index (χ0) is 23.7. The SMILES string of the molecule is COC(=O)C1C(=O)C2=C(CC1C)Nc1ccccc1NC2c1cc(OC)c(OC)cc1OC. The molecule has 2 aromatic carbocycles. The van der Waals surface area contributed by atoms with E-state index in [1.807, 2.05) is 31.2 Å². The highest BCUT2D eigenvalue weighted by Gasteiger charge is 2.45. The van der Waals surface area contributed by atoms with Crippen LogP contribution in [0.4, 0.5) is 11.4 Å². The lowest BCUT2D eigenvalue weighted by Gasteiger charge is -2.33. The zero-order valence-corrected chi connectivity index (χ0v) is 19.4. The lowest BCUT2D eigenvalue weighted by Crippen LogP contribution is -2.39. The van der Waals surface area contributed by atoms with E-state index in [9.17, 15) is 9.59 Å². The maximum Gasteiger partial charge on any atom is 0.316 e. The first-order valence-corrected chi connectivity index (χ1v) is 10.7. The minimum Gasteiger partial charge on any atom is -0.496 e. The summed E-state index contributed by atoms with van der Waals surface area (Å²) < 4.78 is 21.6. The molecule has 1 aliphatic heterocycles. The van der Waals surface area contributed by atoms with Crippen molar-refractivity contribution in [1.82, 2.24) is 0 Å². The van der Waals surface area contributed by atoms with Gasteiger partial charge in [-0.3, -0.25) is 9.59 Å². The minimum atomic E-state index is -0.882. The van der Waals surface area contributed by atoms with Gasteiger partial charge in [0.2, 0.25) is 0 Å². The number of nitrogens with one attached hydrogen (secondary N) is 2. The van der Waals surface area contributed by atoms with Crippen LogP contribution in [0.15, 0.2) is 47.7 Å². The van der Waals surface area contributed by atoms with Crippen LogP contribution in [0.5, 0.6) is 17.2 Å². The Morgan fingerprint density at radius 1 is 0.939 bits per heavy atom. The standard InChI is InChI=1S/C25H28N2O6/c1-13-10-17-22(24(28)21(13)25(29)33-5)23(27-16-9-7-6-8-15(16)26-17)14-11-19(31-3)20(32-4)12-18(14)30-2/h6-9,11-13,21,23,26-27H,10H2,1-5H3. The summed E-state index contributed by atoms with van der Waals surface area (Å²) in [6, 6.07) is 10.7. The van der Waals surface area contributed by atoms with Gasteiger partial charge in [0.05, 0.1) is 45.9 Å². The molecule has 0 spiro atoms. The lowest BCUT2D eigenvalue weighted by molar-refractivity contribution is -0.151. The van der Waals surface area contributed by atoms with Crippen LogP contribution in [-0.2, 0) is 14.3 Å². The maximum absolute atomic E-state index is 13.8. The number of ether oxygens (including phenoxy) is 4. The summed E-state index contributed by atoms with van der Waals surface area (Å²) in [6.45, 7) is 1.89. The molecule has 4 rings (SSSR count). The molecule has 0 saturated carbocycles. The lowest BCUT2D eigenvalue weighted by atomic mass is 9.74. The van der Waals surface area contributed by atoms with Gasteiger partial charge in [0, 0.05) is 22.9 Å². The number of para-hydroxylation sites is 2. The van der Waals surface area contributed by atoms with Crippen molar-refractivity contribution in [3.05, 3.63) is 53.2 Å². The van der Waals surface area contributed by atoms with Crippen LogP contribution in [0.3, 0.4) is 0 Å². The van der Waals surface area contributed by atoms with Crippen molar-refractivity contribution in [2.75, 3.05) is 39.1 Å². The van der Waals surface area contributed by atoms with E-state index in [1.54, 1.807) is 33.5 Å². The topological polar surface area (TPSA) is 95.1 Å². The van der Waals surface area contributed by atoms with Gasteiger partial charge in [-0.05, 0) is 30.5 Å². The molecule has 0 saturated heterocycles. The van der Waals surface area contributed by atoms with Crippen LogP contribution in [0, 0.1) is 11.8 Å².